The molecule has 0 aromatic carbocycles. The Morgan fingerprint density at radius 3 is 2.38 bits per heavy atom. The van der Waals surface area contributed by atoms with Gasteiger partial charge in [0.05, 0.1) is 22.8 Å². The summed E-state index contributed by atoms with van der Waals surface area (Å²) in [4.78, 5) is 14.9. The normalized spacial score (nSPS) is 12.8. The molecule has 1 amide bonds. The van der Waals surface area contributed by atoms with Gasteiger partial charge in [0, 0.05) is 6.20 Å². The molecular formula is C12H15ClF3N3O4S. The SMILES string of the molecule is CC(C)(C)OC(=O)NS(=O)(=O)NCc1ncc(C(F)(F)F)cc1Cl. The lowest BCUT2D eigenvalue weighted by molar-refractivity contribution is -0.137. The maximum absolute atomic E-state index is 12.5. The number of ether oxygens (including phenoxy) is 1. The Morgan fingerprint density at radius 2 is 1.92 bits per heavy atom. The fraction of sp³-hybridized carbons (Fsp3) is 0.500. The number of carbonyl (C=O) groups is 1. The van der Waals surface area contributed by atoms with Gasteiger partial charge in [-0.25, -0.2) is 9.52 Å². The van der Waals surface area contributed by atoms with Gasteiger partial charge in [0.1, 0.15) is 5.60 Å². The highest BCUT2D eigenvalue weighted by Gasteiger charge is 2.31. The number of nitrogens with one attached hydrogen (secondary N) is 2. The Balaban J connectivity index is 2.73. The van der Waals surface area contributed by atoms with Crippen LogP contribution in [-0.4, -0.2) is 25.1 Å². The van der Waals surface area contributed by atoms with E-state index in [1.54, 1.807) is 25.5 Å². The molecular weight excluding hydrogens is 375 g/mol. The summed E-state index contributed by atoms with van der Waals surface area (Å²) in [6, 6.07) is 0.624. The third-order valence-electron chi connectivity index (χ3n) is 2.29. The molecule has 1 aromatic rings. The van der Waals surface area contributed by atoms with E-state index < -0.39 is 40.2 Å². The van der Waals surface area contributed by atoms with E-state index >= 15 is 0 Å². The summed E-state index contributed by atoms with van der Waals surface area (Å²) in [5.74, 6) is 0. The first-order valence-corrected chi connectivity index (χ1v) is 8.28. The standard InChI is InChI=1S/C12H15ClF3N3O4S/c1-11(2,3)23-10(20)19-24(21,22)18-6-9-8(13)4-7(5-17-9)12(14,15)16/h4-5,18H,6H2,1-3H3,(H,19,20). The van der Waals surface area contributed by atoms with Crippen molar-refractivity contribution in [3.8, 4) is 0 Å². The summed E-state index contributed by atoms with van der Waals surface area (Å²) in [6.45, 7) is 4.10. The number of pyridine rings is 1. The van der Waals surface area contributed by atoms with Crippen molar-refractivity contribution in [2.45, 2.75) is 39.1 Å². The van der Waals surface area contributed by atoms with Crippen LogP contribution in [-0.2, 0) is 27.7 Å². The number of amides is 1. The van der Waals surface area contributed by atoms with Crippen LogP contribution < -0.4 is 9.44 Å². The molecule has 7 nitrogen and oxygen atoms in total. The summed E-state index contributed by atoms with van der Waals surface area (Å²) in [5, 5.41) is -0.371. The molecule has 0 fully saturated rings. The first-order valence-electron chi connectivity index (χ1n) is 6.41. The van der Waals surface area contributed by atoms with Gasteiger partial charge in [-0.2, -0.15) is 26.3 Å². The molecule has 0 saturated heterocycles. The Hall–Kier alpha value is -1.59. The minimum absolute atomic E-state index is 0.140. The zero-order valence-corrected chi connectivity index (χ0v) is 14.4. The van der Waals surface area contributed by atoms with E-state index in [1.807, 2.05) is 4.72 Å². The van der Waals surface area contributed by atoms with Crippen molar-refractivity contribution in [1.29, 1.82) is 0 Å². The molecule has 0 saturated carbocycles. The highest BCUT2D eigenvalue weighted by atomic mass is 35.5. The van der Waals surface area contributed by atoms with Crippen LogP contribution in [0.5, 0.6) is 0 Å². The molecule has 24 heavy (non-hydrogen) atoms. The van der Waals surface area contributed by atoms with Crippen LogP contribution in [0.1, 0.15) is 32.0 Å². The third-order valence-corrected chi connectivity index (χ3v) is 3.58. The van der Waals surface area contributed by atoms with Gasteiger partial charge in [-0.05, 0) is 26.8 Å². The van der Waals surface area contributed by atoms with Crippen LogP contribution in [0.15, 0.2) is 12.3 Å². The summed E-state index contributed by atoms with van der Waals surface area (Å²) >= 11 is 5.65. The van der Waals surface area contributed by atoms with Gasteiger partial charge < -0.3 is 4.74 Å². The quantitative estimate of drug-likeness (QED) is 0.825. The molecule has 0 aliphatic heterocycles. The summed E-state index contributed by atoms with van der Waals surface area (Å²) in [5.41, 5.74) is -2.11. The lowest BCUT2D eigenvalue weighted by atomic mass is 10.2. The molecule has 0 aliphatic rings. The second-order valence-corrected chi connectivity index (χ2v) is 7.49. The fourth-order valence-corrected chi connectivity index (χ4v) is 2.25. The predicted molar refractivity (Wildman–Crippen MR) is 79.4 cm³/mol. The van der Waals surface area contributed by atoms with Crippen LogP contribution in [0, 0.1) is 0 Å². The summed E-state index contributed by atoms with van der Waals surface area (Å²) < 4.78 is 69.0. The first kappa shape index (κ1) is 20.5. The Kier molecular flexibility index (Phi) is 6.06. The number of rotatable bonds is 4. The molecule has 2 N–H and O–H groups in total. The monoisotopic (exact) mass is 389 g/mol. The van der Waals surface area contributed by atoms with Gasteiger partial charge in [-0.1, -0.05) is 11.6 Å². The van der Waals surface area contributed by atoms with Crippen molar-refractivity contribution in [3.63, 3.8) is 0 Å². The minimum atomic E-state index is -4.62. The number of halogens is 4. The Labute approximate surface area is 141 Å². The van der Waals surface area contributed by atoms with Gasteiger partial charge >= 0.3 is 22.5 Å². The van der Waals surface area contributed by atoms with Crippen LogP contribution >= 0.6 is 11.6 Å². The van der Waals surface area contributed by atoms with Crippen molar-refractivity contribution in [1.82, 2.24) is 14.4 Å². The van der Waals surface area contributed by atoms with Gasteiger partial charge in [-0.15, -0.1) is 0 Å². The zero-order chi connectivity index (χ0) is 18.8. The molecule has 0 aliphatic carbocycles. The number of hydrogen-bond donors (Lipinski definition) is 2. The number of nitrogens with zero attached hydrogens (tertiary/aromatic N) is 1. The average Bonchev–Trinajstić information content (AvgIpc) is 2.32. The molecule has 0 radical (unpaired) electrons. The summed E-state index contributed by atoms with van der Waals surface area (Å²) in [7, 11) is -4.30. The Bertz CT molecular complexity index is 717. The largest absolute Gasteiger partial charge is 0.443 e. The number of hydrogen-bond acceptors (Lipinski definition) is 5. The van der Waals surface area contributed by atoms with Crippen LogP contribution in [0.3, 0.4) is 0 Å². The second kappa shape index (κ2) is 7.11. The molecule has 1 heterocycles. The van der Waals surface area contributed by atoms with E-state index in [0.29, 0.717) is 12.3 Å². The predicted octanol–water partition coefficient (Wildman–Crippen LogP) is 2.61. The first-order chi connectivity index (χ1) is 10.7. The van der Waals surface area contributed by atoms with E-state index in [2.05, 4.69) is 4.98 Å². The van der Waals surface area contributed by atoms with E-state index in [1.165, 1.54) is 0 Å². The highest BCUT2D eigenvalue weighted by molar-refractivity contribution is 7.88. The van der Waals surface area contributed by atoms with E-state index in [0.717, 1.165) is 0 Å². The lowest BCUT2D eigenvalue weighted by Gasteiger charge is -2.19. The molecule has 1 rings (SSSR count). The van der Waals surface area contributed by atoms with Crippen molar-refractivity contribution in [2.75, 3.05) is 0 Å². The molecule has 0 unspecified atom stereocenters. The smallest absolute Gasteiger partial charge is 0.422 e. The molecule has 1 aromatic heterocycles. The number of carbonyl (C=O) groups excluding carboxylic acids is 1. The number of alkyl halides is 3. The van der Waals surface area contributed by atoms with Gasteiger partial charge in [0.15, 0.2) is 0 Å². The number of aromatic nitrogens is 1. The van der Waals surface area contributed by atoms with Crippen LogP contribution in [0.2, 0.25) is 5.02 Å². The molecule has 0 spiro atoms. The maximum atomic E-state index is 12.5. The zero-order valence-electron chi connectivity index (χ0n) is 12.9. The summed E-state index contributed by atoms with van der Waals surface area (Å²) in [6.07, 6.45) is -5.30. The second-order valence-electron chi connectivity index (χ2n) is 5.58. The molecule has 136 valence electrons. The van der Waals surface area contributed by atoms with E-state index in [4.69, 9.17) is 16.3 Å². The average molecular weight is 390 g/mol. The van der Waals surface area contributed by atoms with Crippen molar-refractivity contribution < 1.29 is 31.1 Å². The lowest BCUT2D eigenvalue weighted by Crippen LogP contribution is -2.42. The van der Waals surface area contributed by atoms with Gasteiger partial charge in [0.2, 0.25) is 0 Å². The highest BCUT2D eigenvalue weighted by Crippen LogP contribution is 2.30. The third kappa shape index (κ3) is 6.89. The maximum Gasteiger partial charge on any atom is 0.422 e. The van der Waals surface area contributed by atoms with Gasteiger partial charge in [-0.3, -0.25) is 4.98 Å². The van der Waals surface area contributed by atoms with Crippen molar-refractivity contribution in [3.05, 3.63) is 28.5 Å². The topological polar surface area (TPSA) is 97.4 Å². The fourth-order valence-electron chi connectivity index (χ4n) is 1.36. The van der Waals surface area contributed by atoms with Crippen LogP contribution in [0.25, 0.3) is 0 Å². The van der Waals surface area contributed by atoms with E-state index in [-0.39, 0.29) is 10.7 Å². The van der Waals surface area contributed by atoms with Crippen molar-refractivity contribution >= 4 is 27.9 Å². The van der Waals surface area contributed by atoms with E-state index in [9.17, 15) is 26.4 Å². The molecule has 0 bridgehead atoms. The molecule has 0 atom stereocenters. The van der Waals surface area contributed by atoms with Crippen molar-refractivity contribution in [2.24, 2.45) is 0 Å². The van der Waals surface area contributed by atoms with Gasteiger partial charge in [0.25, 0.3) is 0 Å². The Morgan fingerprint density at radius 1 is 1.33 bits per heavy atom. The minimum Gasteiger partial charge on any atom is -0.443 e. The van der Waals surface area contributed by atoms with Crippen LogP contribution in [0.4, 0.5) is 18.0 Å². The molecule has 12 heteroatoms.